The van der Waals surface area contributed by atoms with Gasteiger partial charge in [0.05, 0.1) is 5.02 Å². The van der Waals surface area contributed by atoms with Gasteiger partial charge in [0, 0.05) is 19.3 Å². The summed E-state index contributed by atoms with van der Waals surface area (Å²) < 4.78 is 13.9. The second-order valence-electron chi connectivity index (χ2n) is 6.01. The lowest BCUT2D eigenvalue weighted by Crippen LogP contribution is -2.41. The fourth-order valence-electron chi connectivity index (χ4n) is 3.63. The lowest BCUT2D eigenvalue weighted by Gasteiger charge is -2.44. The van der Waals surface area contributed by atoms with Crippen LogP contribution < -0.4 is 4.90 Å². The van der Waals surface area contributed by atoms with Crippen LogP contribution in [0.3, 0.4) is 0 Å². The van der Waals surface area contributed by atoms with Crippen LogP contribution in [0.2, 0.25) is 5.02 Å². The summed E-state index contributed by atoms with van der Waals surface area (Å²) in [6.45, 7) is 1.84. The van der Waals surface area contributed by atoms with Crippen LogP contribution in [0.1, 0.15) is 44.9 Å². The molecule has 0 atom stereocenters. The molecule has 0 amide bonds. The van der Waals surface area contributed by atoms with Crippen LogP contribution in [0, 0.1) is 11.2 Å². The van der Waals surface area contributed by atoms with Gasteiger partial charge in [-0.2, -0.15) is 0 Å². The zero-order chi connectivity index (χ0) is 13.3. The Morgan fingerprint density at radius 1 is 1.11 bits per heavy atom. The standard InChI is InChI=1S/C15H20ClFN2/c16-12-10-13(17)14(18-11-12)19-8-6-15(7-9-19)4-2-1-3-5-15/h10-11H,1-9H2. The van der Waals surface area contributed by atoms with E-state index in [1.54, 1.807) is 0 Å². The van der Waals surface area contributed by atoms with Crippen LogP contribution in [-0.2, 0) is 0 Å². The highest BCUT2D eigenvalue weighted by molar-refractivity contribution is 6.30. The maximum absolute atomic E-state index is 13.9. The van der Waals surface area contributed by atoms with Crippen molar-refractivity contribution < 1.29 is 4.39 Å². The Morgan fingerprint density at radius 3 is 2.42 bits per heavy atom. The lowest BCUT2D eigenvalue weighted by molar-refractivity contribution is 0.144. The van der Waals surface area contributed by atoms with Crippen molar-refractivity contribution >= 4 is 17.4 Å². The summed E-state index contributed by atoms with van der Waals surface area (Å²) in [7, 11) is 0. The topological polar surface area (TPSA) is 16.1 Å². The summed E-state index contributed by atoms with van der Waals surface area (Å²) >= 11 is 5.75. The number of nitrogens with zero attached hydrogens (tertiary/aromatic N) is 2. The minimum Gasteiger partial charge on any atom is -0.354 e. The lowest BCUT2D eigenvalue weighted by atomic mass is 9.68. The smallest absolute Gasteiger partial charge is 0.167 e. The van der Waals surface area contributed by atoms with Gasteiger partial charge in [-0.15, -0.1) is 0 Å². The summed E-state index contributed by atoms with van der Waals surface area (Å²) in [5, 5.41) is 0.363. The number of piperidine rings is 1. The highest BCUT2D eigenvalue weighted by atomic mass is 35.5. The number of pyridine rings is 1. The summed E-state index contributed by atoms with van der Waals surface area (Å²) in [6, 6.07) is 1.36. The first kappa shape index (κ1) is 13.2. The molecule has 1 aliphatic heterocycles. The van der Waals surface area contributed by atoms with Crippen LogP contribution in [0.5, 0.6) is 0 Å². The second kappa shape index (κ2) is 5.28. The molecule has 1 aromatic rings. The van der Waals surface area contributed by atoms with E-state index in [4.69, 9.17) is 11.6 Å². The molecule has 4 heteroatoms. The predicted molar refractivity (Wildman–Crippen MR) is 76.2 cm³/mol. The molecule has 2 aliphatic rings. The fraction of sp³-hybridized carbons (Fsp3) is 0.667. The van der Waals surface area contributed by atoms with Gasteiger partial charge in [-0.1, -0.05) is 30.9 Å². The molecule has 0 aromatic carbocycles. The molecule has 0 unspecified atom stereocenters. The summed E-state index contributed by atoms with van der Waals surface area (Å²) in [5.74, 6) is 0.169. The van der Waals surface area contributed by atoms with Gasteiger partial charge in [0.1, 0.15) is 0 Å². The summed E-state index contributed by atoms with van der Waals surface area (Å²) in [6.07, 6.45) is 10.7. The Morgan fingerprint density at radius 2 is 1.79 bits per heavy atom. The third-order valence-corrected chi connectivity index (χ3v) is 5.03. The van der Waals surface area contributed by atoms with E-state index in [1.807, 2.05) is 0 Å². The van der Waals surface area contributed by atoms with Gasteiger partial charge in [0.2, 0.25) is 0 Å². The van der Waals surface area contributed by atoms with E-state index >= 15 is 0 Å². The molecule has 19 heavy (non-hydrogen) atoms. The van der Waals surface area contributed by atoms with E-state index < -0.39 is 0 Å². The van der Waals surface area contributed by atoms with Crippen molar-refractivity contribution in [2.24, 2.45) is 5.41 Å². The second-order valence-corrected chi connectivity index (χ2v) is 6.44. The molecule has 0 N–H and O–H groups in total. The molecule has 1 saturated carbocycles. The van der Waals surface area contributed by atoms with E-state index in [9.17, 15) is 4.39 Å². The molecular formula is C15H20ClFN2. The molecule has 2 heterocycles. The van der Waals surface area contributed by atoms with Crippen molar-refractivity contribution in [3.63, 3.8) is 0 Å². The molecule has 0 radical (unpaired) electrons. The van der Waals surface area contributed by atoms with E-state index in [0.717, 1.165) is 13.1 Å². The molecule has 1 aliphatic carbocycles. The summed E-state index contributed by atoms with van der Waals surface area (Å²) in [4.78, 5) is 6.23. The minimum absolute atomic E-state index is 0.299. The number of hydrogen-bond donors (Lipinski definition) is 0. The number of anilines is 1. The van der Waals surface area contributed by atoms with Crippen molar-refractivity contribution in [3.8, 4) is 0 Å². The Labute approximate surface area is 119 Å². The molecule has 1 spiro atoms. The molecule has 2 fully saturated rings. The highest BCUT2D eigenvalue weighted by Gasteiger charge is 2.36. The van der Waals surface area contributed by atoms with Gasteiger partial charge in [-0.05, 0) is 37.2 Å². The molecule has 1 aromatic heterocycles. The number of hydrogen-bond acceptors (Lipinski definition) is 2. The van der Waals surface area contributed by atoms with Gasteiger partial charge >= 0.3 is 0 Å². The average Bonchev–Trinajstić information content (AvgIpc) is 2.41. The third-order valence-electron chi connectivity index (χ3n) is 4.83. The Hall–Kier alpha value is -0.830. The number of aromatic nitrogens is 1. The van der Waals surface area contributed by atoms with Gasteiger partial charge in [-0.3, -0.25) is 0 Å². The Bertz CT molecular complexity index is 447. The third kappa shape index (κ3) is 2.71. The molecule has 104 valence electrons. The van der Waals surface area contributed by atoms with E-state index in [1.165, 1.54) is 57.2 Å². The van der Waals surface area contributed by atoms with Crippen LogP contribution >= 0.6 is 11.6 Å². The van der Waals surface area contributed by atoms with Gasteiger partial charge in [0.25, 0.3) is 0 Å². The maximum Gasteiger partial charge on any atom is 0.167 e. The monoisotopic (exact) mass is 282 g/mol. The zero-order valence-electron chi connectivity index (χ0n) is 11.2. The zero-order valence-corrected chi connectivity index (χ0v) is 11.9. The van der Waals surface area contributed by atoms with Gasteiger partial charge in [0.15, 0.2) is 11.6 Å². The van der Waals surface area contributed by atoms with E-state index in [-0.39, 0.29) is 5.82 Å². The first-order valence-corrected chi connectivity index (χ1v) is 7.62. The normalized spacial score (nSPS) is 22.7. The Kier molecular flexibility index (Phi) is 3.66. The average molecular weight is 283 g/mol. The first-order chi connectivity index (χ1) is 9.19. The van der Waals surface area contributed by atoms with E-state index in [2.05, 4.69) is 9.88 Å². The van der Waals surface area contributed by atoms with Crippen molar-refractivity contribution in [2.75, 3.05) is 18.0 Å². The van der Waals surface area contributed by atoms with Gasteiger partial charge in [-0.25, -0.2) is 9.37 Å². The van der Waals surface area contributed by atoms with Crippen LogP contribution in [0.4, 0.5) is 10.2 Å². The molecule has 3 rings (SSSR count). The first-order valence-electron chi connectivity index (χ1n) is 7.25. The number of halogens is 2. The van der Waals surface area contributed by atoms with Crippen molar-refractivity contribution in [3.05, 3.63) is 23.1 Å². The van der Waals surface area contributed by atoms with E-state index in [0.29, 0.717) is 16.3 Å². The molecule has 1 saturated heterocycles. The molecule has 0 bridgehead atoms. The minimum atomic E-state index is -0.299. The SMILES string of the molecule is Fc1cc(Cl)cnc1N1CCC2(CCCCC2)CC1. The van der Waals surface area contributed by atoms with Crippen LogP contribution in [0.25, 0.3) is 0 Å². The summed E-state index contributed by atoms with van der Waals surface area (Å²) in [5.41, 5.74) is 0.539. The fourth-order valence-corrected chi connectivity index (χ4v) is 3.78. The Balaban J connectivity index is 1.69. The quantitative estimate of drug-likeness (QED) is 0.758. The number of rotatable bonds is 1. The van der Waals surface area contributed by atoms with Crippen LogP contribution in [0.15, 0.2) is 12.3 Å². The van der Waals surface area contributed by atoms with Crippen molar-refractivity contribution in [2.45, 2.75) is 44.9 Å². The van der Waals surface area contributed by atoms with Crippen molar-refractivity contribution in [1.29, 1.82) is 0 Å². The maximum atomic E-state index is 13.9. The highest BCUT2D eigenvalue weighted by Crippen LogP contribution is 2.45. The predicted octanol–water partition coefficient (Wildman–Crippen LogP) is 4.42. The van der Waals surface area contributed by atoms with Crippen molar-refractivity contribution in [1.82, 2.24) is 4.98 Å². The molecule has 2 nitrogen and oxygen atoms in total. The largest absolute Gasteiger partial charge is 0.354 e. The van der Waals surface area contributed by atoms with Crippen LogP contribution in [-0.4, -0.2) is 18.1 Å². The molecular weight excluding hydrogens is 263 g/mol. The van der Waals surface area contributed by atoms with Gasteiger partial charge < -0.3 is 4.90 Å².